The highest BCUT2D eigenvalue weighted by atomic mass is 16.2. The van der Waals surface area contributed by atoms with Crippen molar-refractivity contribution in [2.45, 2.75) is 66.2 Å². The van der Waals surface area contributed by atoms with Crippen molar-refractivity contribution >= 4 is 40.3 Å². The molecule has 0 saturated carbocycles. The van der Waals surface area contributed by atoms with Gasteiger partial charge in [0.1, 0.15) is 12.1 Å². The van der Waals surface area contributed by atoms with Gasteiger partial charge in [0.15, 0.2) is 0 Å². The molecule has 0 saturated heterocycles. The summed E-state index contributed by atoms with van der Waals surface area (Å²) in [6.07, 6.45) is 1.54. The molecule has 1 aromatic heterocycles. The zero-order valence-corrected chi connectivity index (χ0v) is 24.2. The number of fused-ring (bicyclic) bond motifs is 1. The highest BCUT2D eigenvalue weighted by Gasteiger charge is 2.36. The second-order valence-corrected chi connectivity index (χ2v) is 11.4. The standard InChI is InChI=1S/C30H38N6O5/c1-17(2)23(24(37)28(40)31-15-19-11-8-7-9-12-19)34-26(38)18(3)33-29(41)25(30(4,5)6)35-27(39)20-13-10-14-22-21(20)16-32-36-22/h7-14,16-18,23,25H,15H2,1-6H3,(H,31,40)(H,32,36)(H,33,41)(H,34,38)(H,35,39)/t18-,23-,25+/m0/s1. The van der Waals surface area contributed by atoms with E-state index in [4.69, 9.17) is 0 Å². The highest BCUT2D eigenvalue weighted by Crippen LogP contribution is 2.22. The first-order valence-electron chi connectivity index (χ1n) is 13.5. The number of hydrogen-bond acceptors (Lipinski definition) is 6. The molecule has 0 aliphatic carbocycles. The van der Waals surface area contributed by atoms with Crippen LogP contribution in [0, 0.1) is 11.3 Å². The van der Waals surface area contributed by atoms with Crippen molar-refractivity contribution < 1.29 is 24.0 Å². The van der Waals surface area contributed by atoms with E-state index in [1.54, 1.807) is 52.8 Å². The number of H-pyrrole nitrogens is 1. The molecule has 3 rings (SSSR count). The minimum atomic E-state index is -1.09. The van der Waals surface area contributed by atoms with Crippen molar-refractivity contribution in [2.24, 2.45) is 11.3 Å². The third-order valence-corrected chi connectivity index (χ3v) is 6.65. The van der Waals surface area contributed by atoms with Crippen LogP contribution in [0.25, 0.3) is 10.9 Å². The summed E-state index contributed by atoms with van der Waals surface area (Å²) in [6, 6.07) is 11.1. The van der Waals surface area contributed by atoms with E-state index in [0.717, 1.165) is 5.56 Å². The summed E-state index contributed by atoms with van der Waals surface area (Å²) in [5.74, 6) is -3.65. The fourth-order valence-corrected chi connectivity index (χ4v) is 4.23. The molecule has 3 atom stereocenters. The summed E-state index contributed by atoms with van der Waals surface area (Å²) in [5.41, 5.74) is 1.17. The van der Waals surface area contributed by atoms with Crippen LogP contribution in [0.15, 0.2) is 54.7 Å². The molecule has 218 valence electrons. The highest BCUT2D eigenvalue weighted by molar-refractivity contribution is 6.38. The van der Waals surface area contributed by atoms with Crippen LogP contribution in [-0.2, 0) is 25.7 Å². The number of carbonyl (C=O) groups excluding carboxylic acids is 5. The predicted octanol–water partition coefficient (Wildman–Crippen LogP) is 2.24. The maximum absolute atomic E-state index is 13.3. The van der Waals surface area contributed by atoms with Crippen LogP contribution < -0.4 is 21.3 Å². The van der Waals surface area contributed by atoms with Gasteiger partial charge in [0.05, 0.1) is 23.3 Å². The fourth-order valence-electron chi connectivity index (χ4n) is 4.23. The molecule has 3 aromatic rings. The van der Waals surface area contributed by atoms with Gasteiger partial charge in [-0.15, -0.1) is 0 Å². The van der Waals surface area contributed by atoms with Crippen LogP contribution >= 0.6 is 0 Å². The van der Waals surface area contributed by atoms with Gasteiger partial charge in [0.2, 0.25) is 17.6 Å². The number of amides is 4. The third kappa shape index (κ3) is 8.00. The first kappa shape index (κ1) is 31.0. The van der Waals surface area contributed by atoms with Gasteiger partial charge < -0.3 is 21.3 Å². The third-order valence-electron chi connectivity index (χ3n) is 6.65. The van der Waals surface area contributed by atoms with Gasteiger partial charge in [-0.3, -0.25) is 29.1 Å². The van der Waals surface area contributed by atoms with Crippen molar-refractivity contribution in [3.8, 4) is 0 Å². The summed E-state index contributed by atoms with van der Waals surface area (Å²) in [4.78, 5) is 64.9. The largest absolute Gasteiger partial charge is 0.345 e. The van der Waals surface area contributed by atoms with Crippen molar-refractivity contribution in [1.29, 1.82) is 0 Å². The molecular formula is C30H38N6O5. The Morgan fingerprint density at radius 1 is 0.854 bits per heavy atom. The number of nitrogens with zero attached hydrogens (tertiary/aromatic N) is 1. The molecule has 0 radical (unpaired) electrons. The molecule has 0 unspecified atom stereocenters. The molecule has 0 fully saturated rings. The van der Waals surface area contributed by atoms with Gasteiger partial charge in [-0.2, -0.15) is 5.10 Å². The molecule has 1 heterocycles. The zero-order chi connectivity index (χ0) is 30.3. The Hall–Kier alpha value is -4.54. The summed E-state index contributed by atoms with van der Waals surface area (Å²) in [6.45, 7) is 10.4. The molecule has 2 aromatic carbocycles. The van der Waals surface area contributed by atoms with Crippen molar-refractivity contribution in [3.05, 3.63) is 65.9 Å². The number of nitrogens with one attached hydrogen (secondary N) is 5. The maximum atomic E-state index is 13.3. The number of aromatic amines is 1. The van der Waals surface area contributed by atoms with Gasteiger partial charge in [-0.05, 0) is 36.0 Å². The van der Waals surface area contributed by atoms with Gasteiger partial charge in [0, 0.05) is 11.9 Å². The Labute approximate surface area is 239 Å². The number of Topliss-reactive ketones (excluding diaryl/α,β-unsaturated/α-hetero) is 1. The van der Waals surface area contributed by atoms with E-state index >= 15 is 0 Å². The number of rotatable bonds is 11. The van der Waals surface area contributed by atoms with Crippen molar-refractivity contribution in [3.63, 3.8) is 0 Å². The van der Waals surface area contributed by atoms with Gasteiger partial charge in [0.25, 0.3) is 11.8 Å². The van der Waals surface area contributed by atoms with E-state index < -0.39 is 53.0 Å². The Bertz CT molecular complexity index is 1410. The van der Waals surface area contributed by atoms with E-state index in [-0.39, 0.29) is 12.5 Å². The number of carbonyl (C=O) groups is 5. The lowest BCUT2D eigenvalue weighted by Gasteiger charge is -2.31. The lowest BCUT2D eigenvalue weighted by atomic mass is 9.85. The molecule has 0 bridgehead atoms. The van der Waals surface area contributed by atoms with E-state index in [0.29, 0.717) is 16.5 Å². The monoisotopic (exact) mass is 562 g/mol. The normalized spacial score (nSPS) is 13.6. The predicted molar refractivity (Wildman–Crippen MR) is 154 cm³/mol. The first-order chi connectivity index (χ1) is 19.3. The Balaban J connectivity index is 1.64. The minimum absolute atomic E-state index is 0.172. The second-order valence-electron chi connectivity index (χ2n) is 11.4. The average molecular weight is 563 g/mol. The van der Waals surface area contributed by atoms with E-state index in [2.05, 4.69) is 31.5 Å². The number of benzene rings is 2. The molecule has 41 heavy (non-hydrogen) atoms. The van der Waals surface area contributed by atoms with Gasteiger partial charge in [-0.25, -0.2) is 0 Å². The summed E-state index contributed by atoms with van der Waals surface area (Å²) in [7, 11) is 0. The van der Waals surface area contributed by atoms with Crippen molar-refractivity contribution in [1.82, 2.24) is 31.5 Å². The minimum Gasteiger partial charge on any atom is -0.345 e. The Morgan fingerprint density at radius 3 is 2.17 bits per heavy atom. The molecule has 0 aliphatic rings. The van der Waals surface area contributed by atoms with Crippen LogP contribution in [0.4, 0.5) is 0 Å². The molecule has 4 amide bonds. The lowest BCUT2D eigenvalue weighted by Crippen LogP contribution is -2.59. The molecule has 11 heteroatoms. The molecule has 11 nitrogen and oxygen atoms in total. The van der Waals surface area contributed by atoms with Crippen LogP contribution in [0.5, 0.6) is 0 Å². The van der Waals surface area contributed by atoms with Crippen LogP contribution in [0.2, 0.25) is 0 Å². The zero-order valence-electron chi connectivity index (χ0n) is 24.2. The van der Waals surface area contributed by atoms with Crippen LogP contribution in [-0.4, -0.2) is 57.7 Å². The first-order valence-corrected chi connectivity index (χ1v) is 13.5. The lowest BCUT2D eigenvalue weighted by molar-refractivity contribution is -0.141. The molecule has 0 aliphatic heterocycles. The number of aromatic nitrogens is 2. The SMILES string of the molecule is CC(C)[C@H](NC(=O)[C@H](C)NC(=O)[C@@H](NC(=O)c1cccc2[nH]ncc12)C(C)(C)C)C(=O)C(=O)NCc1ccccc1. The van der Waals surface area contributed by atoms with Gasteiger partial charge >= 0.3 is 0 Å². The Morgan fingerprint density at radius 2 is 1.54 bits per heavy atom. The average Bonchev–Trinajstić information content (AvgIpc) is 3.41. The number of ketones is 1. The van der Waals surface area contributed by atoms with Crippen LogP contribution in [0.3, 0.4) is 0 Å². The topological polar surface area (TPSA) is 162 Å². The van der Waals surface area contributed by atoms with E-state index in [1.807, 2.05) is 30.3 Å². The maximum Gasteiger partial charge on any atom is 0.289 e. The second kappa shape index (κ2) is 13.2. The van der Waals surface area contributed by atoms with Crippen LogP contribution in [0.1, 0.15) is 57.5 Å². The molecule has 5 N–H and O–H groups in total. The number of hydrogen-bond donors (Lipinski definition) is 5. The summed E-state index contributed by atoms with van der Waals surface area (Å²) < 4.78 is 0. The van der Waals surface area contributed by atoms with E-state index in [9.17, 15) is 24.0 Å². The summed E-state index contributed by atoms with van der Waals surface area (Å²) in [5, 5.41) is 18.0. The molecular weight excluding hydrogens is 524 g/mol. The van der Waals surface area contributed by atoms with Gasteiger partial charge in [-0.1, -0.05) is 71.0 Å². The summed E-state index contributed by atoms with van der Waals surface area (Å²) >= 11 is 0. The fraction of sp³-hybridized carbons (Fsp3) is 0.400. The Kier molecular flexibility index (Phi) is 9.99. The molecule has 0 spiro atoms. The quantitative estimate of drug-likeness (QED) is 0.225. The van der Waals surface area contributed by atoms with E-state index in [1.165, 1.54) is 13.1 Å². The smallest absolute Gasteiger partial charge is 0.289 e. The van der Waals surface area contributed by atoms with Crippen molar-refractivity contribution in [2.75, 3.05) is 0 Å².